The summed E-state index contributed by atoms with van der Waals surface area (Å²) < 4.78 is 5.11. The molecule has 0 aliphatic carbocycles. The van der Waals surface area contributed by atoms with Crippen molar-refractivity contribution in [2.75, 3.05) is 6.54 Å². The lowest BCUT2D eigenvalue weighted by Crippen LogP contribution is -2.49. The molecule has 0 fully saturated rings. The van der Waals surface area contributed by atoms with Crippen molar-refractivity contribution in [3.63, 3.8) is 0 Å². The summed E-state index contributed by atoms with van der Waals surface area (Å²) in [5.41, 5.74) is 7.34. The molecule has 120 valence electrons. The maximum atomic E-state index is 12.1. The third kappa shape index (κ3) is 4.32. The van der Waals surface area contributed by atoms with Crippen LogP contribution in [0.3, 0.4) is 0 Å². The number of nitrogens with one attached hydrogen (secondary N) is 1. The number of carbonyl (C=O) groups is 1. The first kappa shape index (κ1) is 18.2. The predicted octanol–water partition coefficient (Wildman–Crippen LogP) is 3.01. The maximum absolute atomic E-state index is 12.1. The molecule has 2 aromatic rings. The van der Waals surface area contributed by atoms with Gasteiger partial charge in [-0.25, -0.2) is 0 Å². The standard InChI is InChI=1S/C16H21N3O2.ClH/c1-3-16(17,4-2)11-18-15(20)14-10-13(19-21-14)12-8-6-5-7-9-12;/h5-10H,3-4,11,17H2,1-2H3,(H,18,20);1H. The molecule has 1 amide bonds. The number of amides is 1. The second-order valence-corrected chi connectivity index (χ2v) is 5.19. The summed E-state index contributed by atoms with van der Waals surface area (Å²) in [5, 5.41) is 6.73. The summed E-state index contributed by atoms with van der Waals surface area (Å²) in [6.07, 6.45) is 1.60. The van der Waals surface area contributed by atoms with Gasteiger partial charge in [0.25, 0.3) is 5.91 Å². The van der Waals surface area contributed by atoms with Crippen molar-refractivity contribution in [3.05, 3.63) is 42.2 Å². The lowest BCUT2D eigenvalue weighted by atomic mass is 9.94. The van der Waals surface area contributed by atoms with Crippen molar-refractivity contribution in [1.29, 1.82) is 0 Å². The van der Waals surface area contributed by atoms with Crippen LogP contribution in [0, 0.1) is 0 Å². The number of hydrogen-bond acceptors (Lipinski definition) is 4. The van der Waals surface area contributed by atoms with Crippen LogP contribution in [0.25, 0.3) is 11.3 Å². The number of rotatable bonds is 6. The van der Waals surface area contributed by atoms with Gasteiger partial charge in [-0.3, -0.25) is 4.79 Å². The van der Waals surface area contributed by atoms with Crippen molar-refractivity contribution in [2.45, 2.75) is 32.2 Å². The van der Waals surface area contributed by atoms with Gasteiger partial charge in [0.15, 0.2) is 0 Å². The predicted molar refractivity (Wildman–Crippen MR) is 89.0 cm³/mol. The van der Waals surface area contributed by atoms with Gasteiger partial charge in [-0.05, 0) is 12.8 Å². The Labute approximate surface area is 136 Å². The number of benzene rings is 1. The molecule has 0 bridgehead atoms. The molecule has 5 nitrogen and oxygen atoms in total. The van der Waals surface area contributed by atoms with E-state index in [0.717, 1.165) is 18.4 Å². The van der Waals surface area contributed by atoms with Gasteiger partial charge >= 0.3 is 0 Å². The molecule has 6 heteroatoms. The molecule has 0 atom stereocenters. The highest BCUT2D eigenvalue weighted by Gasteiger charge is 2.22. The quantitative estimate of drug-likeness (QED) is 0.856. The summed E-state index contributed by atoms with van der Waals surface area (Å²) in [4.78, 5) is 12.1. The fourth-order valence-electron chi connectivity index (χ4n) is 1.97. The van der Waals surface area contributed by atoms with Crippen LogP contribution in [0.15, 0.2) is 40.9 Å². The van der Waals surface area contributed by atoms with Gasteiger partial charge < -0.3 is 15.6 Å². The first-order valence-electron chi connectivity index (χ1n) is 7.17. The Morgan fingerprint density at radius 1 is 1.27 bits per heavy atom. The van der Waals surface area contributed by atoms with Crippen LogP contribution in [0.1, 0.15) is 37.2 Å². The van der Waals surface area contributed by atoms with Crippen LogP contribution < -0.4 is 11.1 Å². The topological polar surface area (TPSA) is 81.1 Å². The number of halogens is 1. The van der Waals surface area contributed by atoms with Crippen molar-refractivity contribution in [3.8, 4) is 11.3 Å². The van der Waals surface area contributed by atoms with Gasteiger partial charge in [0, 0.05) is 23.7 Å². The van der Waals surface area contributed by atoms with Gasteiger partial charge in [-0.1, -0.05) is 49.3 Å². The molecule has 2 rings (SSSR count). The van der Waals surface area contributed by atoms with Crippen LogP contribution in [0.2, 0.25) is 0 Å². The minimum absolute atomic E-state index is 0. The Morgan fingerprint density at radius 2 is 1.91 bits per heavy atom. The van der Waals surface area contributed by atoms with E-state index in [9.17, 15) is 4.79 Å². The van der Waals surface area contributed by atoms with Gasteiger partial charge in [-0.2, -0.15) is 0 Å². The van der Waals surface area contributed by atoms with Crippen molar-refractivity contribution in [2.24, 2.45) is 5.73 Å². The average Bonchev–Trinajstić information content (AvgIpc) is 3.03. The molecule has 1 aromatic carbocycles. The van der Waals surface area contributed by atoms with Crippen LogP contribution in [0.5, 0.6) is 0 Å². The molecule has 0 aliphatic heterocycles. The van der Waals surface area contributed by atoms with Crippen molar-refractivity contribution < 1.29 is 9.32 Å². The molecule has 0 saturated carbocycles. The number of nitrogens with zero attached hydrogens (tertiary/aromatic N) is 1. The molecule has 1 aromatic heterocycles. The molecule has 0 spiro atoms. The molecule has 0 aliphatic rings. The molecule has 3 N–H and O–H groups in total. The zero-order valence-corrected chi connectivity index (χ0v) is 13.7. The highest BCUT2D eigenvalue weighted by molar-refractivity contribution is 5.92. The van der Waals surface area contributed by atoms with E-state index < -0.39 is 0 Å². The van der Waals surface area contributed by atoms with Crippen LogP contribution >= 0.6 is 12.4 Å². The fraction of sp³-hybridized carbons (Fsp3) is 0.375. The molecule has 1 heterocycles. The number of aromatic nitrogens is 1. The first-order chi connectivity index (χ1) is 10.1. The molecular formula is C16H22ClN3O2. The minimum Gasteiger partial charge on any atom is -0.350 e. The lowest BCUT2D eigenvalue weighted by molar-refractivity contribution is 0.0905. The van der Waals surface area contributed by atoms with E-state index in [-0.39, 0.29) is 29.6 Å². The van der Waals surface area contributed by atoms with E-state index in [1.54, 1.807) is 6.07 Å². The summed E-state index contributed by atoms with van der Waals surface area (Å²) in [7, 11) is 0. The summed E-state index contributed by atoms with van der Waals surface area (Å²) in [5.74, 6) is -0.0928. The van der Waals surface area contributed by atoms with E-state index in [2.05, 4.69) is 10.5 Å². The SMILES string of the molecule is CCC(N)(CC)CNC(=O)c1cc(-c2ccccc2)no1.Cl. The molecular weight excluding hydrogens is 302 g/mol. The number of nitrogens with two attached hydrogens (primary N) is 1. The zero-order valence-electron chi connectivity index (χ0n) is 12.8. The second kappa shape index (κ2) is 7.96. The highest BCUT2D eigenvalue weighted by Crippen LogP contribution is 2.18. The third-order valence-corrected chi connectivity index (χ3v) is 3.81. The van der Waals surface area contributed by atoms with E-state index in [4.69, 9.17) is 10.3 Å². The van der Waals surface area contributed by atoms with Crippen LogP contribution in [0.4, 0.5) is 0 Å². The van der Waals surface area contributed by atoms with E-state index in [0.29, 0.717) is 12.2 Å². The largest absolute Gasteiger partial charge is 0.350 e. The van der Waals surface area contributed by atoms with E-state index in [1.807, 2.05) is 44.2 Å². The number of hydrogen-bond donors (Lipinski definition) is 2. The van der Waals surface area contributed by atoms with Crippen molar-refractivity contribution in [1.82, 2.24) is 10.5 Å². The molecule has 0 saturated heterocycles. The van der Waals surface area contributed by atoms with Gasteiger partial charge in [0.05, 0.1) is 0 Å². The Hall–Kier alpha value is -1.85. The monoisotopic (exact) mass is 323 g/mol. The van der Waals surface area contributed by atoms with Crippen molar-refractivity contribution >= 4 is 18.3 Å². The van der Waals surface area contributed by atoms with E-state index >= 15 is 0 Å². The third-order valence-electron chi connectivity index (χ3n) is 3.81. The smallest absolute Gasteiger partial charge is 0.289 e. The minimum atomic E-state index is -0.377. The Kier molecular flexibility index (Phi) is 6.59. The normalized spacial score (nSPS) is 10.9. The van der Waals surface area contributed by atoms with Crippen LogP contribution in [-0.2, 0) is 0 Å². The summed E-state index contributed by atoms with van der Waals surface area (Å²) >= 11 is 0. The van der Waals surface area contributed by atoms with Gasteiger partial charge in [0.2, 0.25) is 5.76 Å². The Balaban J connectivity index is 0.00000242. The van der Waals surface area contributed by atoms with E-state index in [1.165, 1.54) is 0 Å². The lowest BCUT2D eigenvalue weighted by Gasteiger charge is -2.26. The Bertz CT molecular complexity index is 594. The van der Waals surface area contributed by atoms with Gasteiger partial charge in [0.1, 0.15) is 5.69 Å². The van der Waals surface area contributed by atoms with Gasteiger partial charge in [-0.15, -0.1) is 12.4 Å². The molecule has 22 heavy (non-hydrogen) atoms. The van der Waals surface area contributed by atoms with Crippen LogP contribution in [-0.4, -0.2) is 23.1 Å². The second-order valence-electron chi connectivity index (χ2n) is 5.19. The first-order valence-corrected chi connectivity index (χ1v) is 7.17. The molecule has 0 radical (unpaired) electrons. The summed E-state index contributed by atoms with van der Waals surface area (Å²) in [6, 6.07) is 11.2. The highest BCUT2D eigenvalue weighted by atomic mass is 35.5. The molecule has 0 unspecified atom stereocenters. The summed E-state index contributed by atoms with van der Waals surface area (Å²) in [6.45, 7) is 4.44. The average molecular weight is 324 g/mol. The Morgan fingerprint density at radius 3 is 2.50 bits per heavy atom. The zero-order chi connectivity index (χ0) is 15.3. The maximum Gasteiger partial charge on any atom is 0.289 e. The fourth-order valence-corrected chi connectivity index (χ4v) is 1.97. The number of carbonyl (C=O) groups excluding carboxylic acids is 1.